The van der Waals surface area contributed by atoms with Crippen molar-refractivity contribution in [1.82, 2.24) is 5.32 Å². The molecule has 0 aliphatic heterocycles. The van der Waals surface area contributed by atoms with E-state index >= 15 is 0 Å². The minimum Gasteiger partial charge on any atom is -0.497 e. The molecule has 1 aromatic carbocycles. The van der Waals surface area contributed by atoms with Crippen LogP contribution in [-0.4, -0.2) is 34.5 Å². The Hall–Kier alpha value is -1.26. The van der Waals surface area contributed by atoms with Crippen molar-refractivity contribution < 1.29 is 14.2 Å². The van der Waals surface area contributed by atoms with Crippen LogP contribution >= 0.6 is 0 Å². The molecule has 114 valence electrons. The van der Waals surface area contributed by atoms with Crippen LogP contribution in [0.2, 0.25) is 0 Å². The lowest BCUT2D eigenvalue weighted by Crippen LogP contribution is -2.22. The van der Waals surface area contributed by atoms with Gasteiger partial charge in [0.05, 0.1) is 26.9 Å². The molecule has 0 saturated heterocycles. The lowest BCUT2D eigenvalue weighted by atomic mass is 10.1. The zero-order valence-electron chi connectivity index (χ0n) is 13.1. The third-order valence-electron chi connectivity index (χ3n) is 3.34. The summed E-state index contributed by atoms with van der Waals surface area (Å²) in [5.41, 5.74) is 1.06. The van der Waals surface area contributed by atoms with E-state index in [1.807, 2.05) is 25.2 Å². The Balaban J connectivity index is 2.67. The van der Waals surface area contributed by atoms with Crippen LogP contribution in [0.5, 0.6) is 11.5 Å². The summed E-state index contributed by atoms with van der Waals surface area (Å²) >= 11 is 0. The highest BCUT2D eigenvalue weighted by molar-refractivity contribution is 5.42. The maximum absolute atomic E-state index is 5.76. The highest BCUT2D eigenvalue weighted by Crippen LogP contribution is 2.29. The van der Waals surface area contributed by atoms with Crippen molar-refractivity contribution in [3.05, 3.63) is 23.8 Å². The molecule has 0 radical (unpaired) electrons. The van der Waals surface area contributed by atoms with Gasteiger partial charge in [-0.3, -0.25) is 0 Å². The van der Waals surface area contributed by atoms with Gasteiger partial charge in [-0.2, -0.15) is 0 Å². The minimum atomic E-state index is 0.0988. The van der Waals surface area contributed by atoms with E-state index in [1.165, 1.54) is 12.8 Å². The molecular formula is C16H27NO3. The predicted octanol–water partition coefficient (Wildman–Crippen LogP) is 3.17. The van der Waals surface area contributed by atoms with Gasteiger partial charge in [-0.25, -0.2) is 0 Å². The van der Waals surface area contributed by atoms with Gasteiger partial charge >= 0.3 is 0 Å². The molecule has 1 N–H and O–H groups in total. The predicted molar refractivity (Wildman–Crippen MR) is 81.7 cm³/mol. The molecule has 0 amide bonds. The maximum atomic E-state index is 5.76. The summed E-state index contributed by atoms with van der Waals surface area (Å²) in [7, 11) is 5.28. The van der Waals surface area contributed by atoms with E-state index in [4.69, 9.17) is 14.2 Å². The topological polar surface area (TPSA) is 39.7 Å². The van der Waals surface area contributed by atoms with Gasteiger partial charge in [0.25, 0.3) is 0 Å². The molecule has 4 heteroatoms. The number of unbranched alkanes of at least 4 members (excludes halogenated alkanes) is 2. The number of hydrogen-bond donors (Lipinski definition) is 1. The number of nitrogens with one attached hydrogen (secondary N) is 1. The fraction of sp³-hybridized carbons (Fsp3) is 0.625. The summed E-state index contributed by atoms with van der Waals surface area (Å²) in [6, 6.07) is 5.92. The van der Waals surface area contributed by atoms with E-state index in [0.29, 0.717) is 6.61 Å². The van der Waals surface area contributed by atoms with Crippen LogP contribution in [0, 0.1) is 0 Å². The second kappa shape index (κ2) is 9.61. The molecule has 0 bridgehead atoms. The normalized spacial score (nSPS) is 12.2. The van der Waals surface area contributed by atoms with Crippen LogP contribution in [0.3, 0.4) is 0 Å². The maximum Gasteiger partial charge on any atom is 0.123 e. The van der Waals surface area contributed by atoms with Crippen LogP contribution in [-0.2, 0) is 4.74 Å². The molecule has 0 spiro atoms. The third kappa shape index (κ3) is 5.02. The van der Waals surface area contributed by atoms with Crippen LogP contribution < -0.4 is 14.8 Å². The molecule has 0 saturated carbocycles. The summed E-state index contributed by atoms with van der Waals surface area (Å²) < 4.78 is 16.5. The van der Waals surface area contributed by atoms with Gasteiger partial charge in [0.1, 0.15) is 11.5 Å². The second-order valence-corrected chi connectivity index (χ2v) is 4.73. The quantitative estimate of drug-likeness (QED) is 0.669. The number of likely N-dealkylation sites (N-methyl/N-ethyl adjacent to an activating group) is 1. The number of methoxy groups -OCH3 is 2. The Kier molecular flexibility index (Phi) is 8.07. The lowest BCUT2D eigenvalue weighted by molar-refractivity contribution is 0.109. The van der Waals surface area contributed by atoms with Crippen molar-refractivity contribution in [1.29, 1.82) is 0 Å². The van der Waals surface area contributed by atoms with E-state index < -0.39 is 0 Å². The summed E-state index contributed by atoms with van der Waals surface area (Å²) in [4.78, 5) is 0. The summed E-state index contributed by atoms with van der Waals surface area (Å²) in [6.45, 7) is 3.62. The Labute approximate surface area is 122 Å². The summed E-state index contributed by atoms with van der Waals surface area (Å²) in [5, 5.41) is 3.27. The fourth-order valence-corrected chi connectivity index (χ4v) is 2.10. The van der Waals surface area contributed by atoms with E-state index in [1.54, 1.807) is 14.2 Å². The molecule has 0 aromatic heterocycles. The number of hydrogen-bond acceptors (Lipinski definition) is 4. The van der Waals surface area contributed by atoms with Crippen molar-refractivity contribution in [2.24, 2.45) is 0 Å². The SMILES string of the molecule is CCCCCOCC(NC)c1cc(OC)ccc1OC. The largest absolute Gasteiger partial charge is 0.497 e. The molecule has 1 unspecified atom stereocenters. The molecule has 1 atom stereocenters. The fourth-order valence-electron chi connectivity index (χ4n) is 2.10. The highest BCUT2D eigenvalue weighted by Gasteiger charge is 2.15. The monoisotopic (exact) mass is 281 g/mol. The van der Waals surface area contributed by atoms with Crippen molar-refractivity contribution in [2.45, 2.75) is 32.2 Å². The van der Waals surface area contributed by atoms with Gasteiger partial charge in [-0.15, -0.1) is 0 Å². The molecule has 1 aromatic rings. The first-order valence-corrected chi connectivity index (χ1v) is 7.23. The molecule has 0 aliphatic rings. The Morgan fingerprint density at radius 2 is 1.95 bits per heavy atom. The molecule has 20 heavy (non-hydrogen) atoms. The zero-order chi connectivity index (χ0) is 14.8. The van der Waals surface area contributed by atoms with Crippen molar-refractivity contribution in [2.75, 3.05) is 34.5 Å². The average molecular weight is 281 g/mol. The van der Waals surface area contributed by atoms with E-state index in [2.05, 4.69) is 12.2 Å². The standard InChI is InChI=1S/C16H27NO3/c1-5-6-7-10-20-12-15(17-2)14-11-13(18-3)8-9-16(14)19-4/h8-9,11,15,17H,5-7,10,12H2,1-4H3. The smallest absolute Gasteiger partial charge is 0.123 e. The molecular weight excluding hydrogens is 254 g/mol. The molecule has 4 nitrogen and oxygen atoms in total. The average Bonchev–Trinajstić information content (AvgIpc) is 2.50. The van der Waals surface area contributed by atoms with Crippen molar-refractivity contribution in [3.8, 4) is 11.5 Å². The summed E-state index contributed by atoms with van der Waals surface area (Å²) in [6.07, 6.45) is 3.54. The second-order valence-electron chi connectivity index (χ2n) is 4.73. The lowest BCUT2D eigenvalue weighted by Gasteiger charge is -2.20. The molecule has 0 fully saturated rings. The van der Waals surface area contributed by atoms with Crippen molar-refractivity contribution in [3.63, 3.8) is 0 Å². The van der Waals surface area contributed by atoms with E-state index in [9.17, 15) is 0 Å². The van der Waals surface area contributed by atoms with Crippen LogP contribution in [0.1, 0.15) is 37.8 Å². The zero-order valence-corrected chi connectivity index (χ0v) is 13.1. The van der Waals surface area contributed by atoms with Gasteiger partial charge in [-0.05, 0) is 31.7 Å². The molecule has 1 rings (SSSR count). The van der Waals surface area contributed by atoms with Gasteiger partial charge in [0.15, 0.2) is 0 Å². The van der Waals surface area contributed by atoms with E-state index in [-0.39, 0.29) is 6.04 Å². The minimum absolute atomic E-state index is 0.0988. The van der Waals surface area contributed by atoms with Crippen molar-refractivity contribution >= 4 is 0 Å². The van der Waals surface area contributed by atoms with Gasteiger partial charge < -0.3 is 19.5 Å². The first-order chi connectivity index (χ1) is 9.76. The Morgan fingerprint density at radius 1 is 1.15 bits per heavy atom. The third-order valence-corrected chi connectivity index (χ3v) is 3.34. The number of benzene rings is 1. The number of ether oxygens (including phenoxy) is 3. The van der Waals surface area contributed by atoms with Gasteiger partial charge in [0.2, 0.25) is 0 Å². The summed E-state index contributed by atoms with van der Waals surface area (Å²) in [5.74, 6) is 1.68. The Morgan fingerprint density at radius 3 is 2.55 bits per heavy atom. The van der Waals surface area contributed by atoms with Gasteiger partial charge in [0, 0.05) is 12.2 Å². The molecule has 0 heterocycles. The van der Waals surface area contributed by atoms with E-state index in [0.717, 1.165) is 30.1 Å². The van der Waals surface area contributed by atoms with Crippen LogP contribution in [0.25, 0.3) is 0 Å². The Bertz CT molecular complexity index is 382. The van der Waals surface area contributed by atoms with Gasteiger partial charge in [-0.1, -0.05) is 19.8 Å². The first-order valence-electron chi connectivity index (χ1n) is 7.23. The number of rotatable bonds is 10. The first kappa shape index (κ1) is 16.8. The highest BCUT2D eigenvalue weighted by atomic mass is 16.5. The van der Waals surface area contributed by atoms with Crippen LogP contribution in [0.4, 0.5) is 0 Å². The molecule has 0 aliphatic carbocycles. The van der Waals surface area contributed by atoms with Crippen LogP contribution in [0.15, 0.2) is 18.2 Å².